The van der Waals surface area contributed by atoms with Crippen molar-refractivity contribution in [3.63, 3.8) is 0 Å². The highest BCUT2D eigenvalue weighted by atomic mass is 127. The summed E-state index contributed by atoms with van der Waals surface area (Å²) < 4.78 is 9.21. The summed E-state index contributed by atoms with van der Waals surface area (Å²) in [4.78, 5) is 24.0. The molecule has 0 aliphatic rings. The summed E-state index contributed by atoms with van der Waals surface area (Å²) in [5.74, 6) is -0.122. The largest absolute Gasteiger partial charge is 0.482 e. The Labute approximate surface area is 173 Å². The van der Waals surface area contributed by atoms with Gasteiger partial charge in [0, 0.05) is 8.47 Å². The molecule has 0 aliphatic carbocycles. The lowest BCUT2D eigenvalue weighted by Gasteiger charge is -2.08. The van der Waals surface area contributed by atoms with Gasteiger partial charge in [0.1, 0.15) is 12.1 Å². The van der Waals surface area contributed by atoms with Gasteiger partial charge in [-0.25, -0.2) is 18.8 Å². The number of nitrogens with zero attached hydrogens (tertiary/aromatic N) is 3. The topological polar surface area (TPSA) is 86.4 Å². The van der Waals surface area contributed by atoms with Crippen molar-refractivity contribution in [3.8, 4) is 11.4 Å². The number of thioether (sulfide) groups is 1. The number of benzene rings is 2. The van der Waals surface area contributed by atoms with Gasteiger partial charge in [-0.1, -0.05) is 0 Å². The van der Waals surface area contributed by atoms with E-state index in [1.165, 1.54) is 27.3 Å². The van der Waals surface area contributed by atoms with Crippen LogP contribution in [-0.4, -0.2) is 32.0 Å². The zero-order valence-electron chi connectivity index (χ0n) is 14.3. The van der Waals surface area contributed by atoms with E-state index in [0.29, 0.717) is 11.6 Å². The van der Waals surface area contributed by atoms with Crippen molar-refractivity contribution in [2.24, 2.45) is 0 Å². The van der Waals surface area contributed by atoms with Crippen LogP contribution in [0.2, 0.25) is 0 Å². The maximum Gasteiger partial charge on any atom is 0.351 e. The van der Waals surface area contributed by atoms with E-state index >= 15 is 0 Å². The Kier molecular flexibility index (Phi) is 6.22. The summed E-state index contributed by atoms with van der Waals surface area (Å²) in [5, 5.41) is 12.9. The number of hydrogen-bond donors (Lipinski definition) is 1. The SMILES string of the molecule is Cc1cc(SCn2ncn(-c3ccc(I)cc3)c2=O)ccc1OCC(=O)O. The molecule has 0 saturated carbocycles. The van der Waals surface area contributed by atoms with Crippen LogP contribution in [0.4, 0.5) is 0 Å². The standard InChI is InChI=1S/C18H16IN3O4S/c1-12-8-15(6-7-16(12)26-9-17(23)24)27-11-22-18(25)21(10-20-22)14-4-2-13(19)3-5-14/h2-8,10H,9,11H2,1H3,(H,23,24). The number of aryl methyl sites for hydroxylation is 1. The molecule has 0 saturated heterocycles. The Hall–Kier alpha value is -2.27. The van der Waals surface area contributed by atoms with Crippen LogP contribution in [0.15, 0.2) is 58.5 Å². The van der Waals surface area contributed by atoms with Gasteiger partial charge < -0.3 is 9.84 Å². The molecular formula is C18H16IN3O4S. The van der Waals surface area contributed by atoms with Crippen LogP contribution in [0.3, 0.4) is 0 Å². The van der Waals surface area contributed by atoms with E-state index in [9.17, 15) is 9.59 Å². The predicted octanol–water partition coefficient (Wildman–Crippen LogP) is 3.16. The number of halogens is 1. The van der Waals surface area contributed by atoms with Crippen LogP contribution in [0.25, 0.3) is 5.69 Å². The minimum Gasteiger partial charge on any atom is -0.482 e. The van der Waals surface area contributed by atoms with E-state index in [0.717, 1.165) is 19.7 Å². The first kappa shape index (κ1) is 19.5. The normalized spacial score (nSPS) is 10.7. The van der Waals surface area contributed by atoms with Gasteiger partial charge in [0.2, 0.25) is 0 Å². The lowest BCUT2D eigenvalue weighted by atomic mass is 10.2. The van der Waals surface area contributed by atoms with E-state index < -0.39 is 5.97 Å². The Bertz CT molecular complexity index is 1010. The van der Waals surface area contributed by atoms with Crippen LogP contribution < -0.4 is 10.4 Å². The molecule has 0 fully saturated rings. The quantitative estimate of drug-likeness (QED) is 0.399. The first-order chi connectivity index (χ1) is 12.9. The number of hydrogen-bond acceptors (Lipinski definition) is 5. The van der Waals surface area contributed by atoms with Gasteiger partial charge in [-0.15, -0.1) is 11.8 Å². The van der Waals surface area contributed by atoms with E-state index in [1.54, 1.807) is 6.07 Å². The van der Waals surface area contributed by atoms with Crippen molar-refractivity contribution >= 4 is 40.3 Å². The number of rotatable bonds is 7. The Morgan fingerprint density at radius 1 is 1.26 bits per heavy atom. The molecule has 1 aromatic heterocycles. The summed E-state index contributed by atoms with van der Waals surface area (Å²) in [5.41, 5.74) is 1.40. The van der Waals surface area contributed by atoms with Crippen molar-refractivity contribution in [2.45, 2.75) is 17.7 Å². The molecule has 140 valence electrons. The first-order valence-corrected chi connectivity index (χ1v) is 9.99. The lowest BCUT2D eigenvalue weighted by Crippen LogP contribution is -2.23. The van der Waals surface area contributed by atoms with Gasteiger partial charge in [0.15, 0.2) is 6.61 Å². The van der Waals surface area contributed by atoms with Gasteiger partial charge in [0.25, 0.3) is 0 Å². The average molecular weight is 497 g/mol. The monoisotopic (exact) mass is 497 g/mol. The highest BCUT2D eigenvalue weighted by Crippen LogP contribution is 2.26. The molecule has 0 spiro atoms. The second kappa shape index (κ2) is 8.61. The third kappa shape index (κ3) is 4.92. The fraction of sp³-hybridized carbons (Fsp3) is 0.167. The molecule has 7 nitrogen and oxygen atoms in total. The summed E-state index contributed by atoms with van der Waals surface area (Å²) in [6.07, 6.45) is 1.51. The molecule has 3 aromatic rings. The minimum atomic E-state index is -1.02. The number of ether oxygens (including phenoxy) is 1. The maximum atomic E-state index is 12.5. The maximum absolute atomic E-state index is 12.5. The fourth-order valence-corrected chi connectivity index (χ4v) is 3.59. The van der Waals surface area contributed by atoms with E-state index in [-0.39, 0.29) is 12.3 Å². The predicted molar refractivity (Wildman–Crippen MR) is 111 cm³/mol. The van der Waals surface area contributed by atoms with Gasteiger partial charge in [-0.3, -0.25) is 0 Å². The van der Waals surface area contributed by atoms with Crippen LogP contribution in [0, 0.1) is 10.5 Å². The molecule has 1 N–H and O–H groups in total. The van der Waals surface area contributed by atoms with Crippen molar-refractivity contribution < 1.29 is 14.6 Å². The second-order valence-corrected chi connectivity index (χ2v) is 7.91. The number of carbonyl (C=O) groups is 1. The molecule has 0 bridgehead atoms. The molecule has 0 radical (unpaired) electrons. The molecule has 1 heterocycles. The number of carboxylic acid groups (broad SMARTS) is 1. The summed E-state index contributed by atoms with van der Waals surface area (Å²) >= 11 is 3.67. The van der Waals surface area contributed by atoms with Crippen LogP contribution in [-0.2, 0) is 10.7 Å². The molecular weight excluding hydrogens is 481 g/mol. The number of aromatic nitrogens is 3. The van der Waals surface area contributed by atoms with Crippen LogP contribution in [0.5, 0.6) is 5.75 Å². The van der Waals surface area contributed by atoms with Crippen molar-refractivity contribution in [1.29, 1.82) is 0 Å². The van der Waals surface area contributed by atoms with E-state index in [1.807, 2.05) is 43.3 Å². The van der Waals surface area contributed by atoms with Crippen LogP contribution >= 0.6 is 34.4 Å². The fourth-order valence-electron chi connectivity index (χ4n) is 2.35. The Morgan fingerprint density at radius 2 is 2.00 bits per heavy atom. The molecule has 27 heavy (non-hydrogen) atoms. The Balaban J connectivity index is 1.68. The van der Waals surface area contributed by atoms with E-state index in [2.05, 4.69) is 27.7 Å². The summed E-state index contributed by atoms with van der Waals surface area (Å²) in [6, 6.07) is 13.1. The molecule has 0 unspecified atom stereocenters. The molecule has 0 amide bonds. The first-order valence-electron chi connectivity index (χ1n) is 7.92. The number of carboxylic acids is 1. The number of aliphatic carboxylic acids is 1. The molecule has 0 aliphatic heterocycles. The van der Waals surface area contributed by atoms with Gasteiger partial charge in [-0.05, 0) is 77.5 Å². The molecule has 9 heteroatoms. The zero-order valence-corrected chi connectivity index (χ0v) is 17.3. The molecule has 3 rings (SSSR count). The zero-order chi connectivity index (χ0) is 19.4. The van der Waals surface area contributed by atoms with E-state index in [4.69, 9.17) is 9.84 Å². The van der Waals surface area contributed by atoms with Crippen LogP contribution in [0.1, 0.15) is 5.56 Å². The average Bonchev–Trinajstić information content (AvgIpc) is 3.00. The van der Waals surface area contributed by atoms with Crippen molar-refractivity contribution in [1.82, 2.24) is 14.3 Å². The third-order valence-corrected chi connectivity index (χ3v) is 5.37. The summed E-state index contributed by atoms with van der Waals surface area (Å²) in [7, 11) is 0. The summed E-state index contributed by atoms with van der Waals surface area (Å²) in [6.45, 7) is 1.47. The highest BCUT2D eigenvalue weighted by molar-refractivity contribution is 14.1. The smallest absolute Gasteiger partial charge is 0.351 e. The third-order valence-electron chi connectivity index (χ3n) is 3.69. The highest BCUT2D eigenvalue weighted by Gasteiger charge is 2.09. The minimum absolute atomic E-state index is 0.207. The lowest BCUT2D eigenvalue weighted by molar-refractivity contribution is -0.139. The molecule has 0 atom stereocenters. The van der Waals surface area contributed by atoms with Gasteiger partial charge in [-0.2, -0.15) is 5.10 Å². The van der Waals surface area contributed by atoms with Crippen molar-refractivity contribution in [3.05, 3.63) is 68.4 Å². The Morgan fingerprint density at radius 3 is 2.67 bits per heavy atom. The van der Waals surface area contributed by atoms with Crippen molar-refractivity contribution in [2.75, 3.05) is 6.61 Å². The van der Waals surface area contributed by atoms with Gasteiger partial charge >= 0.3 is 11.7 Å². The van der Waals surface area contributed by atoms with Gasteiger partial charge in [0.05, 0.1) is 11.6 Å². The molecule has 2 aromatic carbocycles. The second-order valence-electron chi connectivity index (χ2n) is 5.64.